The van der Waals surface area contributed by atoms with Crippen molar-refractivity contribution < 1.29 is 13.9 Å². The molecule has 1 aliphatic heterocycles. The highest BCUT2D eigenvalue weighted by atomic mass is 16.4. The van der Waals surface area contributed by atoms with Crippen LogP contribution in [0.2, 0.25) is 0 Å². The van der Waals surface area contributed by atoms with Gasteiger partial charge in [-0.15, -0.1) is 0 Å². The summed E-state index contributed by atoms with van der Waals surface area (Å²) in [6.07, 6.45) is 4.76. The number of aromatic nitrogens is 1. The maximum Gasteiger partial charge on any atom is 0.263 e. The van der Waals surface area contributed by atoms with E-state index in [9.17, 15) is 5.11 Å². The molecule has 0 bridgehead atoms. The molecule has 120 valence electrons. The molecule has 1 aliphatic rings. The highest BCUT2D eigenvalue weighted by Gasteiger charge is 2.32. The Morgan fingerprint density at radius 3 is 2.73 bits per heavy atom. The maximum atomic E-state index is 9.61. The quantitative estimate of drug-likeness (QED) is 0.919. The summed E-state index contributed by atoms with van der Waals surface area (Å²) in [7, 11) is 0. The smallest absolute Gasteiger partial charge is 0.263 e. The third kappa shape index (κ3) is 2.96. The van der Waals surface area contributed by atoms with E-state index in [1.165, 1.54) is 0 Å². The molecule has 0 saturated carbocycles. The number of hydrogen-bond donors (Lipinski definition) is 1. The van der Waals surface area contributed by atoms with Crippen LogP contribution in [0.4, 0.5) is 0 Å². The maximum absolute atomic E-state index is 9.61. The first-order chi connectivity index (χ1) is 10.7. The van der Waals surface area contributed by atoms with Gasteiger partial charge in [-0.1, -0.05) is 6.92 Å². The predicted octanol–water partition coefficient (Wildman–Crippen LogP) is 3.23. The van der Waals surface area contributed by atoms with E-state index in [-0.39, 0.29) is 5.41 Å². The molecule has 22 heavy (non-hydrogen) atoms. The number of aliphatic hydroxyl groups is 1. The van der Waals surface area contributed by atoms with Crippen LogP contribution < -0.4 is 0 Å². The van der Waals surface area contributed by atoms with Gasteiger partial charge >= 0.3 is 0 Å². The normalized spacial score (nSPS) is 18.7. The van der Waals surface area contributed by atoms with Gasteiger partial charge < -0.3 is 13.9 Å². The number of aryl methyl sites for hydroxylation is 1. The van der Waals surface area contributed by atoms with Crippen LogP contribution in [0.3, 0.4) is 0 Å². The van der Waals surface area contributed by atoms with Crippen molar-refractivity contribution in [3.8, 4) is 11.7 Å². The molecule has 0 aromatic carbocycles. The average molecular weight is 304 g/mol. The van der Waals surface area contributed by atoms with Gasteiger partial charge in [0.2, 0.25) is 0 Å². The topological polar surface area (TPSA) is 62.6 Å². The fourth-order valence-electron chi connectivity index (χ4n) is 3.10. The number of likely N-dealkylation sites (tertiary alicyclic amines) is 1. The molecule has 2 aromatic rings. The predicted molar refractivity (Wildman–Crippen MR) is 83.3 cm³/mol. The first kappa shape index (κ1) is 15.3. The monoisotopic (exact) mass is 304 g/mol. The second-order valence-electron chi connectivity index (χ2n) is 6.29. The molecule has 0 spiro atoms. The van der Waals surface area contributed by atoms with Crippen LogP contribution in [-0.4, -0.2) is 34.7 Å². The molecular formula is C17H24N2O3. The number of furan rings is 1. The molecule has 0 unspecified atom stereocenters. The lowest BCUT2D eigenvalue weighted by Crippen LogP contribution is -2.41. The molecule has 0 radical (unpaired) electrons. The number of nitrogens with zero attached hydrogens (tertiary/aromatic N) is 2. The molecule has 3 heterocycles. The molecular weight excluding hydrogens is 280 g/mol. The van der Waals surface area contributed by atoms with E-state index in [1.807, 2.05) is 19.1 Å². The Morgan fingerprint density at radius 2 is 2.14 bits per heavy atom. The summed E-state index contributed by atoms with van der Waals surface area (Å²) < 4.78 is 11.0. The zero-order valence-corrected chi connectivity index (χ0v) is 13.3. The fraction of sp³-hybridized carbons (Fsp3) is 0.588. The minimum absolute atomic E-state index is 0.120. The Kier molecular flexibility index (Phi) is 4.36. The number of oxazole rings is 1. The second-order valence-corrected chi connectivity index (χ2v) is 6.29. The number of piperidine rings is 1. The van der Waals surface area contributed by atoms with E-state index in [1.54, 1.807) is 6.26 Å². The Bertz CT molecular complexity index is 589. The van der Waals surface area contributed by atoms with Crippen molar-refractivity contribution >= 4 is 0 Å². The second kappa shape index (κ2) is 6.26. The van der Waals surface area contributed by atoms with Crippen LogP contribution in [0, 0.1) is 12.3 Å². The number of aliphatic hydroxyl groups excluding tert-OH is 1. The van der Waals surface area contributed by atoms with E-state index in [0.29, 0.717) is 18.3 Å². The highest BCUT2D eigenvalue weighted by molar-refractivity contribution is 5.44. The Labute approximate surface area is 130 Å². The van der Waals surface area contributed by atoms with Crippen molar-refractivity contribution in [2.24, 2.45) is 5.41 Å². The van der Waals surface area contributed by atoms with E-state index >= 15 is 0 Å². The van der Waals surface area contributed by atoms with Crippen molar-refractivity contribution in [3.05, 3.63) is 29.9 Å². The lowest BCUT2D eigenvalue weighted by molar-refractivity contribution is 0.0377. The molecule has 5 heteroatoms. The van der Waals surface area contributed by atoms with Gasteiger partial charge in [0.1, 0.15) is 5.76 Å². The van der Waals surface area contributed by atoms with Crippen molar-refractivity contribution in [2.45, 2.75) is 39.7 Å². The van der Waals surface area contributed by atoms with Crippen LogP contribution in [0.15, 0.2) is 27.2 Å². The van der Waals surface area contributed by atoms with Gasteiger partial charge in [-0.3, -0.25) is 4.90 Å². The molecule has 2 aromatic heterocycles. The minimum atomic E-state index is 0.120. The zero-order valence-electron chi connectivity index (χ0n) is 13.3. The molecule has 0 amide bonds. The highest BCUT2D eigenvalue weighted by Crippen LogP contribution is 2.35. The number of rotatable bonds is 5. The summed E-state index contributed by atoms with van der Waals surface area (Å²) in [6.45, 7) is 7.20. The minimum Gasteiger partial charge on any atom is -0.459 e. The van der Waals surface area contributed by atoms with Crippen molar-refractivity contribution in [2.75, 3.05) is 19.7 Å². The van der Waals surface area contributed by atoms with Crippen LogP contribution in [0.1, 0.15) is 37.6 Å². The molecule has 1 fully saturated rings. The number of hydrogen-bond acceptors (Lipinski definition) is 5. The van der Waals surface area contributed by atoms with Gasteiger partial charge in [-0.2, -0.15) is 0 Å². The van der Waals surface area contributed by atoms with Gasteiger partial charge in [0, 0.05) is 13.2 Å². The van der Waals surface area contributed by atoms with Gasteiger partial charge in [0.25, 0.3) is 5.89 Å². The standard InChI is InChI=1S/C17H24N2O3/c1-3-17(12-20)6-8-19(9-7-17)11-14-13(2)22-16(18-14)15-5-4-10-21-15/h4-5,10,20H,3,6-9,11-12H2,1-2H3. The Balaban J connectivity index is 1.65. The molecule has 3 rings (SSSR count). The van der Waals surface area contributed by atoms with Gasteiger partial charge in [-0.05, 0) is 56.8 Å². The molecule has 1 N–H and O–H groups in total. The molecule has 1 saturated heterocycles. The van der Waals surface area contributed by atoms with E-state index in [2.05, 4.69) is 16.8 Å². The van der Waals surface area contributed by atoms with Crippen molar-refractivity contribution in [1.82, 2.24) is 9.88 Å². The zero-order chi connectivity index (χ0) is 15.6. The first-order valence-corrected chi connectivity index (χ1v) is 7.99. The summed E-state index contributed by atoms with van der Waals surface area (Å²) in [5.41, 5.74) is 1.09. The lowest BCUT2D eigenvalue weighted by atomic mass is 9.77. The third-order valence-corrected chi connectivity index (χ3v) is 5.00. The van der Waals surface area contributed by atoms with E-state index in [0.717, 1.165) is 50.4 Å². The van der Waals surface area contributed by atoms with Crippen LogP contribution >= 0.6 is 0 Å². The average Bonchev–Trinajstić information content (AvgIpc) is 3.19. The summed E-state index contributed by atoms with van der Waals surface area (Å²) in [4.78, 5) is 6.96. The Morgan fingerprint density at radius 1 is 1.36 bits per heavy atom. The lowest BCUT2D eigenvalue weighted by Gasteiger charge is -2.40. The van der Waals surface area contributed by atoms with Gasteiger partial charge in [0.15, 0.2) is 5.76 Å². The van der Waals surface area contributed by atoms with Crippen molar-refractivity contribution in [3.63, 3.8) is 0 Å². The Hall–Kier alpha value is -1.59. The molecule has 5 nitrogen and oxygen atoms in total. The van der Waals surface area contributed by atoms with Crippen LogP contribution in [0.25, 0.3) is 11.7 Å². The third-order valence-electron chi connectivity index (χ3n) is 5.00. The van der Waals surface area contributed by atoms with Crippen LogP contribution in [-0.2, 0) is 6.54 Å². The molecule has 0 atom stereocenters. The first-order valence-electron chi connectivity index (χ1n) is 7.99. The van der Waals surface area contributed by atoms with Gasteiger partial charge in [-0.25, -0.2) is 4.98 Å². The summed E-state index contributed by atoms with van der Waals surface area (Å²) >= 11 is 0. The largest absolute Gasteiger partial charge is 0.459 e. The summed E-state index contributed by atoms with van der Waals surface area (Å²) in [6, 6.07) is 3.69. The van der Waals surface area contributed by atoms with Crippen LogP contribution in [0.5, 0.6) is 0 Å². The van der Waals surface area contributed by atoms with E-state index in [4.69, 9.17) is 8.83 Å². The summed E-state index contributed by atoms with van der Waals surface area (Å²) in [5.74, 6) is 2.06. The van der Waals surface area contributed by atoms with E-state index < -0.39 is 0 Å². The molecule has 0 aliphatic carbocycles. The van der Waals surface area contributed by atoms with Gasteiger partial charge in [0.05, 0.1) is 12.0 Å². The summed E-state index contributed by atoms with van der Waals surface area (Å²) in [5, 5.41) is 9.61. The fourth-order valence-corrected chi connectivity index (χ4v) is 3.10. The SMILES string of the molecule is CCC1(CO)CCN(Cc2nc(-c3ccco3)oc2C)CC1. The van der Waals surface area contributed by atoms with Crippen molar-refractivity contribution in [1.29, 1.82) is 0 Å².